The van der Waals surface area contributed by atoms with Crippen molar-refractivity contribution in [2.75, 3.05) is 36.4 Å². The van der Waals surface area contributed by atoms with E-state index in [1.807, 2.05) is 68.1 Å². The number of hydrogen-bond donors (Lipinski definition) is 2. The zero-order valence-corrected chi connectivity index (χ0v) is 24.0. The number of carbonyl (C=O) groups excluding carboxylic acids is 3. The van der Waals surface area contributed by atoms with E-state index in [1.165, 1.54) is 12.1 Å². The van der Waals surface area contributed by atoms with Gasteiger partial charge in [-0.25, -0.2) is 4.39 Å². The van der Waals surface area contributed by atoms with Gasteiger partial charge in [0.2, 0.25) is 11.8 Å². The monoisotopic (exact) mass is 558 g/mol. The number of halogens is 1. The lowest BCUT2D eigenvalue weighted by atomic mass is 9.94. The molecule has 4 rings (SSSR count). The molecule has 2 N–H and O–H groups in total. The van der Waals surface area contributed by atoms with Crippen molar-refractivity contribution >= 4 is 29.1 Å². The summed E-state index contributed by atoms with van der Waals surface area (Å²) in [5.41, 5.74) is 3.53. The predicted octanol–water partition coefficient (Wildman–Crippen LogP) is 5.58. The lowest BCUT2D eigenvalue weighted by Crippen LogP contribution is -2.50. The van der Waals surface area contributed by atoms with Gasteiger partial charge in [-0.2, -0.15) is 0 Å². The maximum atomic E-state index is 13.4. The van der Waals surface area contributed by atoms with Gasteiger partial charge in [0.1, 0.15) is 5.82 Å². The Morgan fingerprint density at radius 2 is 1.59 bits per heavy atom. The van der Waals surface area contributed by atoms with E-state index in [-0.39, 0.29) is 41.9 Å². The SMILES string of the molecule is CC[C@H](C(=O)N1CCN(c2ccc(NC(=O)CC(C)C)cc2C(=O)NCc2ccc(F)cc2)CC1)c1ccccc1. The summed E-state index contributed by atoms with van der Waals surface area (Å²) in [7, 11) is 0. The van der Waals surface area contributed by atoms with E-state index in [2.05, 4.69) is 15.5 Å². The third-order valence-electron chi connectivity index (χ3n) is 7.33. The van der Waals surface area contributed by atoms with E-state index >= 15 is 0 Å². The van der Waals surface area contributed by atoms with Crippen LogP contribution in [0.1, 0.15) is 61.0 Å². The Hall–Kier alpha value is -4.20. The van der Waals surface area contributed by atoms with Crippen LogP contribution in [0.25, 0.3) is 0 Å². The number of carbonyl (C=O) groups is 3. The predicted molar refractivity (Wildman–Crippen MR) is 160 cm³/mol. The number of nitrogens with one attached hydrogen (secondary N) is 2. The van der Waals surface area contributed by atoms with Gasteiger partial charge in [0.25, 0.3) is 5.91 Å². The molecule has 1 aliphatic heterocycles. The van der Waals surface area contributed by atoms with E-state index in [0.717, 1.165) is 23.2 Å². The Balaban J connectivity index is 1.50. The smallest absolute Gasteiger partial charge is 0.253 e. The van der Waals surface area contributed by atoms with Gasteiger partial charge in [-0.15, -0.1) is 0 Å². The largest absolute Gasteiger partial charge is 0.367 e. The van der Waals surface area contributed by atoms with Crippen molar-refractivity contribution < 1.29 is 18.8 Å². The molecule has 0 unspecified atom stereocenters. The molecule has 41 heavy (non-hydrogen) atoms. The topological polar surface area (TPSA) is 81.8 Å². The summed E-state index contributed by atoms with van der Waals surface area (Å²) in [5.74, 6) is -0.581. The maximum absolute atomic E-state index is 13.4. The molecule has 0 radical (unpaired) electrons. The molecule has 1 aliphatic rings. The molecule has 1 fully saturated rings. The molecule has 0 saturated carbocycles. The molecule has 0 spiro atoms. The minimum atomic E-state index is -0.334. The van der Waals surface area contributed by atoms with Gasteiger partial charge >= 0.3 is 0 Å². The van der Waals surface area contributed by atoms with Gasteiger partial charge in [-0.1, -0.05) is 63.2 Å². The molecule has 3 amide bonds. The third kappa shape index (κ3) is 7.93. The minimum absolute atomic E-state index is 0.110. The summed E-state index contributed by atoms with van der Waals surface area (Å²) < 4.78 is 13.3. The van der Waals surface area contributed by atoms with Crippen LogP contribution in [0, 0.1) is 11.7 Å². The van der Waals surface area contributed by atoms with Gasteiger partial charge in [0.05, 0.1) is 11.5 Å². The number of nitrogens with zero attached hydrogens (tertiary/aromatic N) is 2. The van der Waals surface area contributed by atoms with Crippen LogP contribution >= 0.6 is 0 Å². The zero-order valence-electron chi connectivity index (χ0n) is 24.0. The highest BCUT2D eigenvalue weighted by Crippen LogP contribution is 2.28. The second-order valence-corrected chi connectivity index (χ2v) is 10.9. The molecule has 216 valence electrons. The number of rotatable bonds is 10. The molecule has 1 atom stereocenters. The lowest BCUT2D eigenvalue weighted by molar-refractivity contribution is -0.133. The molecule has 0 aromatic heterocycles. The molecular weight excluding hydrogens is 519 g/mol. The summed E-state index contributed by atoms with van der Waals surface area (Å²) >= 11 is 0. The minimum Gasteiger partial charge on any atom is -0.367 e. The number of anilines is 2. The highest BCUT2D eigenvalue weighted by atomic mass is 19.1. The fourth-order valence-electron chi connectivity index (χ4n) is 5.16. The summed E-state index contributed by atoms with van der Waals surface area (Å²) in [6.45, 7) is 8.47. The first kappa shape index (κ1) is 29.8. The van der Waals surface area contributed by atoms with Gasteiger partial charge in [0, 0.05) is 50.5 Å². The third-order valence-corrected chi connectivity index (χ3v) is 7.33. The molecule has 0 aliphatic carbocycles. The summed E-state index contributed by atoms with van der Waals surface area (Å²) in [6, 6.07) is 21.2. The Labute approximate surface area is 241 Å². The maximum Gasteiger partial charge on any atom is 0.253 e. The van der Waals surface area contributed by atoms with Gasteiger partial charge in [-0.3, -0.25) is 14.4 Å². The first-order valence-corrected chi connectivity index (χ1v) is 14.3. The summed E-state index contributed by atoms with van der Waals surface area (Å²) in [5, 5.41) is 5.83. The first-order chi connectivity index (χ1) is 19.7. The second-order valence-electron chi connectivity index (χ2n) is 10.9. The molecule has 1 saturated heterocycles. The van der Waals surface area contributed by atoms with Gasteiger partial charge in [0.15, 0.2) is 0 Å². The summed E-state index contributed by atoms with van der Waals surface area (Å²) in [6.07, 6.45) is 1.11. The van der Waals surface area contributed by atoms with Crippen molar-refractivity contribution in [2.45, 2.75) is 46.1 Å². The van der Waals surface area contributed by atoms with Gasteiger partial charge in [-0.05, 0) is 53.8 Å². The van der Waals surface area contributed by atoms with Crippen LogP contribution in [0.4, 0.5) is 15.8 Å². The number of amides is 3. The quantitative estimate of drug-likeness (QED) is 0.340. The van der Waals surface area contributed by atoms with Crippen LogP contribution in [-0.2, 0) is 16.1 Å². The van der Waals surface area contributed by atoms with Crippen LogP contribution in [0.2, 0.25) is 0 Å². The standard InChI is InChI=1S/C33H39FN4O3/c1-4-28(25-8-6-5-7-9-25)33(41)38-18-16-37(17-19-38)30-15-14-27(36-31(39)20-23(2)3)21-29(30)32(40)35-22-24-10-12-26(34)13-11-24/h5-15,21,23,28H,4,16-20,22H2,1-3H3,(H,35,40)(H,36,39)/t28-/m0/s1. The normalized spacial score (nSPS) is 14.1. The Kier molecular flexibility index (Phi) is 10.1. The van der Waals surface area contributed by atoms with Crippen molar-refractivity contribution in [3.8, 4) is 0 Å². The Morgan fingerprint density at radius 1 is 0.902 bits per heavy atom. The fraction of sp³-hybridized carbons (Fsp3) is 0.364. The van der Waals surface area contributed by atoms with Crippen molar-refractivity contribution in [2.24, 2.45) is 5.92 Å². The highest BCUT2D eigenvalue weighted by Gasteiger charge is 2.29. The van der Waals surface area contributed by atoms with Crippen LogP contribution in [-0.4, -0.2) is 48.8 Å². The van der Waals surface area contributed by atoms with Crippen LogP contribution in [0.15, 0.2) is 72.8 Å². The van der Waals surface area contributed by atoms with E-state index in [0.29, 0.717) is 43.9 Å². The Bertz CT molecular complexity index is 1340. The second kappa shape index (κ2) is 13.9. The van der Waals surface area contributed by atoms with Crippen molar-refractivity contribution in [1.29, 1.82) is 0 Å². The van der Waals surface area contributed by atoms with Crippen LogP contribution in [0.3, 0.4) is 0 Å². The fourth-order valence-corrected chi connectivity index (χ4v) is 5.16. The average Bonchev–Trinajstić information content (AvgIpc) is 2.97. The summed E-state index contributed by atoms with van der Waals surface area (Å²) in [4.78, 5) is 43.3. The number of piperazine rings is 1. The van der Waals surface area contributed by atoms with E-state index in [9.17, 15) is 18.8 Å². The Morgan fingerprint density at radius 3 is 2.22 bits per heavy atom. The average molecular weight is 559 g/mol. The van der Waals surface area contributed by atoms with Gasteiger partial charge < -0.3 is 20.4 Å². The first-order valence-electron chi connectivity index (χ1n) is 14.3. The number of benzene rings is 3. The van der Waals surface area contributed by atoms with E-state index in [4.69, 9.17) is 0 Å². The molecule has 8 heteroatoms. The van der Waals surface area contributed by atoms with Crippen LogP contribution in [0.5, 0.6) is 0 Å². The number of hydrogen-bond acceptors (Lipinski definition) is 4. The van der Waals surface area contributed by atoms with Crippen molar-refractivity contribution in [3.05, 3.63) is 95.3 Å². The molecule has 7 nitrogen and oxygen atoms in total. The molecule has 3 aromatic rings. The molecule has 0 bridgehead atoms. The highest BCUT2D eigenvalue weighted by molar-refractivity contribution is 6.02. The van der Waals surface area contributed by atoms with Crippen molar-refractivity contribution in [1.82, 2.24) is 10.2 Å². The zero-order chi connectivity index (χ0) is 29.4. The van der Waals surface area contributed by atoms with E-state index in [1.54, 1.807) is 18.2 Å². The molecular formula is C33H39FN4O3. The lowest BCUT2D eigenvalue weighted by Gasteiger charge is -2.38. The van der Waals surface area contributed by atoms with Crippen molar-refractivity contribution in [3.63, 3.8) is 0 Å². The van der Waals surface area contributed by atoms with Crippen LogP contribution < -0.4 is 15.5 Å². The molecule has 3 aromatic carbocycles. The molecule has 1 heterocycles. The van der Waals surface area contributed by atoms with E-state index < -0.39 is 0 Å².